The van der Waals surface area contributed by atoms with Crippen molar-refractivity contribution in [3.63, 3.8) is 0 Å². The molecule has 2 rings (SSSR count). The minimum absolute atomic E-state index is 0.306. The third kappa shape index (κ3) is 2.71. The summed E-state index contributed by atoms with van der Waals surface area (Å²) in [5.41, 5.74) is 0.678. The lowest BCUT2D eigenvalue weighted by Crippen LogP contribution is -2.33. The van der Waals surface area contributed by atoms with Crippen LogP contribution in [0.15, 0.2) is 18.2 Å². The normalized spacial score (nSPS) is 27.9. The fourth-order valence-corrected chi connectivity index (χ4v) is 3.43. The van der Waals surface area contributed by atoms with E-state index < -0.39 is 11.5 Å². The van der Waals surface area contributed by atoms with Crippen molar-refractivity contribution in [1.82, 2.24) is 0 Å². The van der Waals surface area contributed by atoms with Crippen LogP contribution in [0.2, 0.25) is 0 Å². The molecular formula is C17H22FNO. The molecule has 3 heteroatoms. The van der Waals surface area contributed by atoms with E-state index in [1.54, 1.807) is 13.0 Å². The van der Waals surface area contributed by atoms with Gasteiger partial charge in [-0.05, 0) is 48.9 Å². The van der Waals surface area contributed by atoms with Crippen LogP contribution in [0.3, 0.4) is 0 Å². The highest BCUT2D eigenvalue weighted by Crippen LogP contribution is 2.48. The SMILES string of the molecule is CCC1CCCC(C#N)(C(O)c2ccc(F)cc2C)C1. The largest absolute Gasteiger partial charge is 0.387 e. The molecule has 3 atom stereocenters. The van der Waals surface area contributed by atoms with Crippen LogP contribution < -0.4 is 0 Å². The van der Waals surface area contributed by atoms with Crippen molar-refractivity contribution < 1.29 is 9.50 Å². The third-order valence-electron chi connectivity index (χ3n) is 4.74. The molecular weight excluding hydrogens is 253 g/mol. The molecule has 1 aliphatic rings. The Morgan fingerprint density at radius 1 is 1.55 bits per heavy atom. The molecule has 1 N–H and O–H groups in total. The van der Waals surface area contributed by atoms with E-state index in [4.69, 9.17) is 0 Å². The number of halogens is 1. The highest BCUT2D eigenvalue weighted by atomic mass is 19.1. The lowest BCUT2D eigenvalue weighted by molar-refractivity contribution is 0.0181. The van der Waals surface area contributed by atoms with E-state index in [1.165, 1.54) is 12.1 Å². The average molecular weight is 275 g/mol. The second-order valence-electron chi connectivity index (χ2n) is 6.04. The number of aliphatic hydroxyl groups is 1. The second kappa shape index (κ2) is 5.93. The van der Waals surface area contributed by atoms with Crippen molar-refractivity contribution in [2.24, 2.45) is 11.3 Å². The van der Waals surface area contributed by atoms with Gasteiger partial charge in [-0.1, -0.05) is 32.3 Å². The fraction of sp³-hybridized carbons (Fsp3) is 0.588. The van der Waals surface area contributed by atoms with Gasteiger partial charge in [-0.25, -0.2) is 4.39 Å². The number of aryl methyl sites for hydroxylation is 1. The third-order valence-corrected chi connectivity index (χ3v) is 4.74. The zero-order valence-corrected chi connectivity index (χ0v) is 12.2. The number of aliphatic hydroxyl groups excluding tert-OH is 1. The maximum absolute atomic E-state index is 13.2. The summed E-state index contributed by atoms with van der Waals surface area (Å²) in [4.78, 5) is 0. The summed E-state index contributed by atoms with van der Waals surface area (Å²) < 4.78 is 13.2. The Morgan fingerprint density at radius 2 is 2.30 bits per heavy atom. The van der Waals surface area contributed by atoms with E-state index >= 15 is 0 Å². The maximum Gasteiger partial charge on any atom is 0.123 e. The molecule has 0 radical (unpaired) electrons. The van der Waals surface area contributed by atoms with Crippen molar-refractivity contribution in [3.8, 4) is 6.07 Å². The first-order valence-electron chi connectivity index (χ1n) is 7.38. The summed E-state index contributed by atoms with van der Waals surface area (Å²) in [5, 5.41) is 20.4. The standard InChI is InChI=1S/C17H22FNO/c1-3-13-5-4-8-17(10-13,11-19)16(20)15-7-6-14(18)9-12(15)2/h6-7,9,13,16,20H,3-5,8,10H2,1-2H3. The van der Waals surface area contributed by atoms with Gasteiger partial charge in [0, 0.05) is 0 Å². The first-order valence-corrected chi connectivity index (χ1v) is 7.38. The summed E-state index contributed by atoms with van der Waals surface area (Å²) in [6, 6.07) is 6.77. The minimum atomic E-state index is -0.831. The number of hydrogen-bond acceptors (Lipinski definition) is 2. The van der Waals surface area contributed by atoms with Crippen LogP contribution in [0, 0.1) is 35.4 Å². The molecule has 0 aromatic heterocycles. The van der Waals surface area contributed by atoms with Gasteiger partial charge in [0.2, 0.25) is 0 Å². The second-order valence-corrected chi connectivity index (χ2v) is 6.04. The van der Waals surface area contributed by atoms with Crippen molar-refractivity contribution >= 4 is 0 Å². The highest BCUT2D eigenvalue weighted by Gasteiger charge is 2.43. The molecule has 0 heterocycles. The topological polar surface area (TPSA) is 44.0 Å². The Bertz CT molecular complexity index is 522. The first kappa shape index (κ1) is 15.0. The molecule has 0 bridgehead atoms. The van der Waals surface area contributed by atoms with Crippen molar-refractivity contribution in [1.29, 1.82) is 5.26 Å². The molecule has 1 saturated carbocycles. The number of benzene rings is 1. The number of rotatable bonds is 3. The smallest absolute Gasteiger partial charge is 0.123 e. The molecule has 0 amide bonds. The van der Waals surface area contributed by atoms with Gasteiger partial charge in [0.1, 0.15) is 5.82 Å². The molecule has 20 heavy (non-hydrogen) atoms. The van der Waals surface area contributed by atoms with Gasteiger partial charge in [-0.2, -0.15) is 5.26 Å². The van der Waals surface area contributed by atoms with E-state index in [0.29, 0.717) is 17.0 Å². The molecule has 0 aliphatic heterocycles. The summed E-state index contributed by atoms with van der Waals surface area (Å²) in [5.74, 6) is 0.193. The Kier molecular flexibility index (Phi) is 4.45. The lowest BCUT2D eigenvalue weighted by atomic mass is 9.65. The monoisotopic (exact) mass is 275 g/mol. The molecule has 1 fully saturated rings. The van der Waals surface area contributed by atoms with Gasteiger partial charge in [-0.3, -0.25) is 0 Å². The Balaban J connectivity index is 2.33. The predicted octanol–water partition coefficient (Wildman–Crippen LogP) is 4.28. The van der Waals surface area contributed by atoms with Crippen LogP contribution in [0.1, 0.15) is 56.3 Å². The van der Waals surface area contributed by atoms with E-state index in [2.05, 4.69) is 13.0 Å². The highest BCUT2D eigenvalue weighted by molar-refractivity contribution is 5.31. The molecule has 1 aromatic rings. The molecule has 2 nitrogen and oxygen atoms in total. The summed E-state index contributed by atoms with van der Waals surface area (Å²) in [7, 11) is 0. The van der Waals surface area contributed by atoms with E-state index in [1.807, 2.05) is 0 Å². The molecule has 0 spiro atoms. The van der Waals surface area contributed by atoms with Crippen molar-refractivity contribution in [3.05, 3.63) is 35.1 Å². The quantitative estimate of drug-likeness (QED) is 0.894. The van der Waals surface area contributed by atoms with Crippen molar-refractivity contribution in [2.75, 3.05) is 0 Å². The van der Waals surface area contributed by atoms with E-state index in [0.717, 1.165) is 32.1 Å². The van der Waals surface area contributed by atoms with Crippen LogP contribution in [0.4, 0.5) is 4.39 Å². The minimum Gasteiger partial charge on any atom is -0.387 e. The molecule has 1 aromatic carbocycles. The van der Waals surface area contributed by atoms with Gasteiger partial charge in [0.25, 0.3) is 0 Å². The van der Waals surface area contributed by atoms with Crippen molar-refractivity contribution in [2.45, 2.75) is 52.1 Å². The zero-order chi connectivity index (χ0) is 14.8. The summed E-state index contributed by atoms with van der Waals surface area (Å²) in [6.07, 6.45) is 3.77. The van der Waals surface area contributed by atoms with E-state index in [-0.39, 0.29) is 5.82 Å². The van der Waals surface area contributed by atoms with Crippen LogP contribution in [0.25, 0.3) is 0 Å². The molecule has 1 aliphatic carbocycles. The summed E-state index contributed by atoms with van der Waals surface area (Å²) in [6.45, 7) is 3.92. The Morgan fingerprint density at radius 3 is 2.90 bits per heavy atom. The number of hydrogen-bond donors (Lipinski definition) is 1. The lowest BCUT2D eigenvalue weighted by Gasteiger charge is -2.39. The molecule has 3 unspecified atom stereocenters. The van der Waals surface area contributed by atoms with Gasteiger partial charge in [0.05, 0.1) is 17.6 Å². The van der Waals surface area contributed by atoms with Gasteiger partial charge < -0.3 is 5.11 Å². The average Bonchev–Trinajstić information content (AvgIpc) is 2.46. The predicted molar refractivity (Wildman–Crippen MR) is 76.4 cm³/mol. The van der Waals surface area contributed by atoms with Crippen LogP contribution in [-0.2, 0) is 0 Å². The fourth-order valence-electron chi connectivity index (χ4n) is 3.43. The number of nitriles is 1. The van der Waals surface area contributed by atoms with Gasteiger partial charge in [0.15, 0.2) is 0 Å². The van der Waals surface area contributed by atoms with Gasteiger partial charge in [-0.15, -0.1) is 0 Å². The summed E-state index contributed by atoms with van der Waals surface area (Å²) >= 11 is 0. The van der Waals surface area contributed by atoms with Crippen LogP contribution in [0.5, 0.6) is 0 Å². The molecule has 0 saturated heterocycles. The maximum atomic E-state index is 13.2. The number of nitrogens with zero attached hydrogens (tertiary/aromatic N) is 1. The first-order chi connectivity index (χ1) is 9.52. The van der Waals surface area contributed by atoms with Crippen LogP contribution in [-0.4, -0.2) is 5.11 Å². The van der Waals surface area contributed by atoms with Gasteiger partial charge >= 0.3 is 0 Å². The zero-order valence-electron chi connectivity index (χ0n) is 12.2. The molecule has 108 valence electrons. The van der Waals surface area contributed by atoms with E-state index in [9.17, 15) is 14.8 Å². The Hall–Kier alpha value is -1.40. The Labute approximate surface area is 120 Å². The van der Waals surface area contributed by atoms with Crippen LogP contribution >= 0.6 is 0 Å².